The maximum atomic E-state index is 13.8. The minimum absolute atomic E-state index is 0.160. The molecule has 2 rings (SSSR count). The highest BCUT2D eigenvalue weighted by Crippen LogP contribution is 2.26. The van der Waals surface area contributed by atoms with E-state index in [-0.39, 0.29) is 5.69 Å². The number of aryl methyl sites for hydroxylation is 1. The van der Waals surface area contributed by atoms with Gasteiger partial charge in [-0.1, -0.05) is 17.7 Å². The molecule has 0 fully saturated rings. The fraction of sp³-hybridized carbons (Fsp3) is 0.0769. The summed E-state index contributed by atoms with van der Waals surface area (Å²) in [4.78, 5) is -0.738. The van der Waals surface area contributed by atoms with E-state index in [9.17, 15) is 17.2 Å². The zero-order chi connectivity index (χ0) is 15.8. The molecule has 0 bridgehead atoms. The van der Waals surface area contributed by atoms with Crippen molar-refractivity contribution in [3.05, 3.63) is 52.6 Å². The average Bonchev–Trinajstić information content (AvgIpc) is 2.39. The number of nitrogens with one attached hydrogen (secondary N) is 1. The van der Waals surface area contributed by atoms with Crippen molar-refractivity contribution < 1.29 is 17.2 Å². The van der Waals surface area contributed by atoms with Crippen LogP contribution in [0.1, 0.15) is 5.56 Å². The fourth-order valence-electron chi connectivity index (χ4n) is 1.62. The van der Waals surface area contributed by atoms with Crippen LogP contribution in [0.5, 0.6) is 0 Å². The van der Waals surface area contributed by atoms with Crippen molar-refractivity contribution in [3.8, 4) is 0 Å². The molecule has 0 heterocycles. The molecule has 0 atom stereocenters. The van der Waals surface area contributed by atoms with Crippen molar-refractivity contribution in [2.75, 3.05) is 10.5 Å². The quantitative estimate of drug-likeness (QED) is 0.847. The summed E-state index contributed by atoms with van der Waals surface area (Å²) in [6, 6.07) is 6.06. The van der Waals surface area contributed by atoms with Gasteiger partial charge in [0.15, 0.2) is 5.82 Å². The van der Waals surface area contributed by atoms with E-state index in [0.717, 1.165) is 17.7 Å². The average molecular weight is 333 g/mol. The topological polar surface area (TPSA) is 72.2 Å². The number of anilines is 2. The molecule has 21 heavy (non-hydrogen) atoms. The van der Waals surface area contributed by atoms with Gasteiger partial charge in [0, 0.05) is 5.02 Å². The highest BCUT2D eigenvalue weighted by Gasteiger charge is 2.22. The van der Waals surface area contributed by atoms with Crippen LogP contribution in [-0.4, -0.2) is 8.42 Å². The lowest BCUT2D eigenvalue weighted by atomic mass is 10.2. The van der Waals surface area contributed by atoms with Gasteiger partial charge in [0.25, 0.3) is 10.0 Å². The van der Waals surface area contributed by atoms with Crippen LogP contribution in [0.3, 0.4) is 0 Å². The first-order valence-corrected chi connectivity index (χ1v) is 7.61. The van der Waals surface area contributed by atoms with Gasteiger partial charge in [0.05, 0.1) is 5.69 Å². The Labute approximate surface area is 125 Å². The smallest absolute Gasteiger partial charge is 0.264 e. The minimum atomic E-state index is -4.24. The predicted octanol–water partition coefficient (Wildman–Crippen LogP) is 3.31. The summed E-state index contributed by atoms with van der Waals surface area (Å²) in [6.07, 6.45) is 0. The second kappa shape index (κ2) is 5.50. The minimum Gasteiger partial charge on any atom is -0.394 e. The van der Waals surface area contributed by atoms with E-state index in [1.165, 1.54) is 12.1 Å². The van der Waals surface area contributed by atoms with Crippen LogP contribution < -0.4 is 10.5 Å². The van der Waals surface area contributed by atoms with Gasteiger partial charge >= 0.3 is 0 Å². The number of benzene rings is 2. The number of sulfonamides is 1. The molecule has 8 heteroatoms. The molecule has 0 saturated carbocycles. The third-order valence-corrected chi connectivity index (χ3v) is 4.61. The van der Waals surface area contributed by atoms with E-state index < -0.39 is 32.2 Å². The maximum absolute atomic E-state index is 13.8. The van der Waals surface area contributed by atoms with Crippen LogP contribution in [0.25, 0.3) is 0 Å². The van der Waals surface area contributed by atoms with E-state index in [0.29, 0.717) is 5.02 Å². The standard InChI is InChI=1S/C13H11ClF2N2O2S/c1-7-2-3-8(6-9(7)14)18-21(19,20)11-5-4-10(15)13(17)12(11)16/h2-6,18H,17H2,1H3. The van der Waals surface area contributed by atoms with Gasteiger partial charge in [-0.05, 0) is 36.8 Å². The molecule has 112 valence electrons. The largest absolute Gasteiger partial charge is 0.394 e. The summed E-state index contributed by atoms with van der Waals surface area (Å²) in [7, 11) is -4.24. The van der Waals surface area contributed by atoms with Gasteiger partial charge in [-0.25, -0.2) is 17.2 Å². The molecule has 0 radical (unpaired) electrons. The molecule has 0 unspecified atom stereocenters. The molecule has 0 aliphatic carbocycles. The Morgan fingerprint density at radius 3 is 2.48 bits per heavy atom. The Kier molecular flexibility index (Phi) is 4.06. The first kappa shape index (κ1) is 15.5. The molecule has 0 saturated heterocycles. The Morgan fingerprint density at radius 1 is 1.19 bits per heavy atom. The predicted molar refractivity (Wildman–Crippen MR) is 77.8 cm³/mol. The molecule has 0 spiro atoms. The zero-order valence-corrected chi connectivity index (χ0v) is 12.4. The van der Waals surface area contributed by atoms with E-state index in [1.807, 2.05) is 0 Å². The number of halogens is 3. The third kappa shape index (κ3) is 3.08. The lowest BCUT2D eigenvalue weighted by molar-refractivity contribution is 0.557. The van der Waals surface area contributed by atoms with Gasteiger partial charge in [0.2, 0.25) is 0 Å². The molecular formula is C13H11ClF2N2O2S. The molecular weight excluding hydrogens is 322 g/mol. The van der Waals surface area contributed by atoms with Crippen molar-refractivity contribution >= 4 is 33.0 Å². The molecule has 2 aromatic rings. The monoisotopic (exact) mass is 332 g/mol. The first-order valence-electron chi connectivity index (χ1n) is 5.75. The summed E-state index contributed by atoms with van der Waals surface area (Å²) in [5.74, 6) is -2.36. The number of nitrogens with two attached hydrogens (primary N) is 1. The maximum Gasteiger partial charge on any atom is 0.264 e. The summed E-state index contributed by atoms with van der Waals surface area (Å²) in [5, 5.41) is 0.356. The van der Waals surface area contributed by atoms with Gasteiger partial charge in [-0.15, -0.1) is 0 Å². The second-order valence-corrected chi connectivity index (χ2v) is 6.40. The molecule has 0 aliphatic rings. The SMILES string of the molecule is Cc1ccc(NS(=O)(=O)c2ccc(F)c(N)c2F)cc1Cl. The fourth-order valence-corrected chi connectivity index (χ4v) is 2.94. The van der Waals surface area contributed by atoms with Crippen LogP contribution in [0, 0.1) is 18.6 Å². The summed E-state index contributed by atoms with van der Waals surface area (Å²) < 4.78 is 53.2. The molecule has 3 N–H and O–H groups in total. The lowest BCUT2D eigenvalue weighted by Gasteiger charge is -2.11. The van der Waals surface area contributed by atoms with Gasteiger partial charge < -0.3 is 5.73 Å². The number of hydrogen-bond acceptors (Lipinski definition) is 3. The summed E-state index contributed by atoms with van der Waals surface area (Å²) >= 11 is 5.89. The van der Waals surface area contributed by atoms with E-state index in [2.05, 4.69) is 4.72 Å². The van der Waals surface area contributed by atoms with Crippen LogP contribution in [0.4, 0.5) is 20.2 Å². The number of nitrogen functional groups attached to an aromatic ring is 1. The lowest BCUT2D eigenvalue weighted by Crippen LogP contribution is -2.16. The Morgan fingerprint density at radius 2 is 1.86 bits per heavy atom. The third-order valence-electron chi connectivity index (χ3n) is 2.80. The second-order valence-electron chi connectivity index (χ2n) is 4.34. The summed E-state index contributed by atoms with van der Waals surface area (Å²) in [5.41, 5.74) is 5.23. The van der Waals surface area contributed by atoms with Gasteiger partial charge in [-0.3, -0.25) is 4.72 Å². The Hall–Kier alpha value is -1.86. The van der Waals surface area contributed by atoms with Gasteiger partial charge in [-0.2, -0.15) is 0 Å². The Balaban J connectivity index is 2.43. The van der Waals surface area contributed by atoms with Crippen LogP contribution in [-0.2, 0) is 10.0 Å². The summed E-state index contributed by atoms with van der Waals surface area (Å²) in [6.45, 7) is 1.75. The highest BCUT2D eigenvalue weighted by atomic mass is 35.5. The van der Waals surface area contributed by atoms with E-state index in [1.54, 1.807) is 13.0 Å². The van der Waals surface area contributed by atoms with E-state index in [4.69, 9.17) is 17.3 Å². The normalized spacial score (nSPS) is 11.4. The van der Waals surface area contributed by atoms with Crippen LogP contribution in [0.15, 0.2) is 35.2 Å². The van der Waals surface area contributed by atoms with Crippen LogP contribution in [0.2, 0.25) is 5.02 Å². The molecule has 0 aliphatic heterocycles. The van der Waals surface area contributed by atoms with Crippen molar-refractivity contribution in [1.82, 2.24) is 0 Å². The van der Waals surface area contributed by atoms with Crippen molar-refractivity contribution in [2.24, 2.45) is 0 Å². The van der Waals surface area contributed by atoms with Crippen molar-refractivity contribution in [1.29, 1.82) is 0 Å². The molecule has 0 amide bonds. The van der Waals surface area contributed by atoms with Crippen molar-refractivity contribution in [3.63, 3.8) is 0 Å². The van der Waals surface area contributed by atoms with Gasteiger partial charge in [0.1, 0.15) is 16.4 Å². The molecule has 2 aromatic carbocycles. The highest BCUT2D eigenvalue weighted by molar-refractivity contribution is 7.92. The number of hydrogen-bond donors (Lipinski definition) is 2. The first-order chi connectivity index (χ1) is 9.72. The zero-order valence-electron chi connectivity index (χ0n) is 10.8. The van der Waals surface area contributed by atoms with E-state index >= 15 is 0 Å². The van der Waals surface area contributed by atoms with Crippen molar-refractivity contribution in [2.45, 2.75) is 11.8 Å². The molecule has 4 nitrogen and oxygen atoms in total. The van der Waals surface area contributed by atoms with Crippen LogP contribution >= 0.6 is 11.6 Å². The molecule has 0 aromatic heterocycles. The number of rotatable bonds is 3. The Bertz CT molecular complexity index is 810.